The average molecular weight is 231 g/mol. The number of anilines is 1. The van der Waals surface area contributed by atoms with Crippen molar-refractivity contribution in [3.8, 4) is 0 Å². The van der Waals surface area contributed by atoms with E-state index in [9.17, 15) is 4.79 Å². The van der Waals surface area contributed by atoms with Gasteiger partial charge in [0.05, 0.1) is 17.0 Å². The zero-order valence-electron chi connectivity index (χ0n) is 9.90. The van der Waals surface area contributed by atoms with Crippen LogP contribution in [0.1, 0.15) is 27.4 Å². The number of rotatable bonds is 2. The Hall–Kier alpha value is -2.24. The predicted octanol–water partition coefficient (Wildman–Crippen LogP) is 1.38. The molecule has 0 aliphatic rings. The van der Waals surface area contributed by atoms with E-state index in [-0.39, 0.29) is 5.91 Å². The molecule has 0 spiro atoms. The van der Waals surface area contributed by atoms with Crippen molar-refractivity contribution in [1.29, 1.82) is 0 Å². The standard InChI is InChI=1S/C11H13N5O/c1-6-4-9(8(3)15-13-6)11(17)12-10-5-7(2)14-16-10/h4-5H,1-3H3,(H2,12,14,16,17). The third kappa shape index (κ3) is 2.47. The first kappa shape index (κ1) is 11.3. The van der Waals surface area contributed by atoms with Crippen molar-refractivity contribution in [2.24, 2.45) is 0 Å². The maximum absolute atomic E-state index is 12.0. The molecule has 0 aliphatic heterocycles. The van der Waals surface area contributed by atoms with Gasteiger partial charge in [-0.25, -0.2) is 0 Å². The Morgan fingerprint density at radius 1 is 1.24 bits per heavy atom. The molecule has 88 valence electrons. The van der Waals surface area contributed by atoms with E-state index in [0.29, 0.717) is 22.8 Å². The quantitative estimate of drug-likeness (QED) is 0.817. The molecule has 2 aromatic heterocycles. The van der Waals surface area contributed by atoms with E-state index in [0.717, 1.165) is 5.69 Å². The molecule has 17 heavy (non-hydrogen) atoms. The fourth-order valence-corrected chi connectivity index (χ4v) is 1.45. The number of hydrogen-bond donors (Lipinski definition) is 2. The van der Waals surface area contributed by atoms with Crippen LogP contribution in [0.4, 0.5) is 5.82 Å². The summed E-state index contributed by atoms with van der Waals surface area (Å²) in [6.07, 6.45) is 0. The lowest BCUT2D eigenvalue weighted by Gasteiger charge is -2.04. The fourth-order valence-electron chi connectivity index (χ4n) is 1.45. The Labute approximate surface area is 98.5 Å². The molecule has 2 heterocycles. The van der Waals surface area contributed by atoms with Gasteiger partial charge in [0.15, 0.2) is 5.82 Å². The highest BCUT2D eigenvalue weighted by atomic mass is 16.1. The van der Waals surface area contributed by atoms with Crippen LogP contribution in [-0.2, 0) is 0 Å². The Bertz CT molecular complexity index is 561. The van der Waals surface area contributed by atoms with Crippen molar-refractivity contribution < 1.29 is 4.79 Å². The number of aryl methyl sites for hydroxylation is 3. The van der Waals surface area contributed by atoms with Gasteiger partial charge in [0.25, 0.3) is 5.91 Å². The summed E-state index contributed by atoms with van der Waals surface area (Å²) in [5, 5.41) is 17.2. The molecule has 0 saturated carbocycles. The Kier molecular flexibility index (Phi) is 2.86. The van der Waals surface area contributed by atoms with Gasteiger partial charge in [-0.1, -0.05) is 0 Å². The van der Waals surface area contributed by atoms with Crippen molar-refractivity contribution in [3.05, 3.63) is 34.8 Å². The van der Waals surface area contributed by atoms with Gasteiger partial charge in [0.1, 0.15) is 0 Å². The summed E-state index contributed by atoms with van der Waals surface area (Å²) in [5.74, 6) is 0.272. The molecule has 2 N–H and O–H groups in total. The minimum Gasteiger partial charge on any atom is -0.305 e. The molecule has 0 radical (unpaired) electrons. The Balaban J connectivity index is 2.22. The number of aromatic amines is 1. The normalized spacial score (nSPS) is 10.3. The maximum atomic E-state index is 12.0. The SMILES string of the molecule is Cc1cc(C(=O)Nc2cc(C)[nH]n2)c(C)nn1. The maximum Gasteiger partial charge on any atom is 0.258 e. The summed E-state index contributed by atoms with van der Waals surface area (Å²) in [6.45, 7) is 5.41. The van der Waals surface area contributed by atoms with E-state index in [1.807, 2.05) is 6.92 Å². The lowest BCUT2D eigenvalue weighted by molar-refractivity contribution is 0.102. The van der Waals surface area contributed by atoms with Crippen molar-refractivity contribution >= 4 is 11.7 Å². The summed E-state index contributed by atoms with van der Waals surface area (Å²) >= 11 is 0. The molecule has 0 aromatic carbocycles. The minimum atomic E-state index is -0.230. The van der Waals surface area contributed by atoms with E-state index in [1.54, 1.807) is 26.0 Å². The van der Waals surface area contributed by atoms with Gasteiger partial charge in [-0.3, -0.25) is 9.89 Å². The van der Waals surface area contributed by atoms with Gasteiger partial charge in [-0.2, -0.15) is 15.3 Å². The second kappa shape index (κ2) is 4.32. The summed E-state index contributed by atoms with van der Waals surface area (Å²) in [7, 11) is 0. The molecule has 6 nitrogen and oxygen atoms in total. The van der Waals surface area contributed by atoms with Crippen LogP contribution in [0.25, 0.3) is 0 Å². The number of hydrogen-bond acceptors (Lipinski definition) is 4. The number of amides is 1. The highest BCUT2D eigenvalue weighted by Crippen LogP contribution is 2.10. The van der Waals surface area contributed by atoms with Crippen LogP contribution >= 0.6 is 0 Å². The molecule has 2 aromatic rings. The third-order valence-corrected chi connectivity index (χ3v) is 2.29. The second-order valence-corrected chi connectivity index (χ2v) is 3.88. The van der Waals surface area contributed by atoms with E-state index in [2.05, 4.69) is 25.7 Å². The fraction of sp³-hybridized carbons (Fsp3) is 0.273. The zero-order valence-corrected chi connectivity index (χ0v) is 9.90. The molecule has 1 amide bonds. The van der Waals surface area contributed by atoms with Crippen LogP contribution in [0.3, 0.4) is 0 Å². The molecule has 0 aliphatic carbocycles. The number of H-pyrrole nitrogens is 1. The van der Waals surface area contributed by atoms with Crippen molar-refractivity contribution in [1.82, 2.24) is 20.4 Å². The number of carbonyl (C=O) groups excluding carboxylic acids is 1. The molecule has 0 fully saturated rings. The average Bonchev–Trinajstić information content (AvgIpc) is 2.67. The topological polar surface area (TPSA) is 83.6 Å². The molecule has 2 rings (SSSR count). The first-order chi connectivity index (χ1) is 8.06. The molecule has 0 saturated heterocycles. The monoisotopic (exact) mass is 231 g/mol. The number of aromatic nitrogens is 4. The van der Waals surface area contributed by atoms with E-state index in [4.69, 9.17) is 0 Å². The molecule has 0 bridgehead atoms. The molecular formula is C11H13N5O. The van der Waals surface area contributed by atoms with E-state index >= 15 is 0 Å². The lowest BCUT2D eigenvalue weighted by atomic mass is 10.2. The largest absolute Gasteiger partial charge is 0.305 e. The molecule has 0 atom stereocenters. The van der Waals surface area contributed by atoms with Gasteiger partial charge in [0, 0.05) is 11.8 Å². The van der Waals surface area contributed by atoms with Crippen molar-refractivity contribution in [2.45, 2.75) is 20.8 Å². The predicted molar refractivity (Wildman–Crippen MR) is 62.8 cm³/mol. The summed E-state index contributed by atoms with van der Waals surface area (Å²) in [5.41, 5.74) is 2.71. The first-order valence-corrected chi connectivity index (χ1v) is 5.20. The lowest BCUT2D eigenvalue weighted by Crippen LogP contribution is -2.15. The zero-order chi connectivity index (χ0) is 12.4. The van der Waals surface area contributed by atoms with Gasteiger partial charge in [-0.05, 0) is 26.8 Å². The number of nitrogens with one attached hydrogen (secondary N) is 2. The summed E-state index contributed by atoms with van der Waals surface area (Å²) < 4.78 is 0. The van der Waals surface area contributed by atoms with Crippen LogP contribution in [0, 0.1) is 20.8 Å². The molecular weight excluding hydrogens is 218 g/mol. The molecule has 6 heteroatoms. The van der Waals surface area contributed by atoms with Gasteiger partial charge < -0.3 is 5.32 Å². The smallest absolute Gasteiger partial charge is 0.258 e. The summed E-state index contributed by atoms with van der Waals surface area (Å²) in [4.78, 5) is 12.0. The van der Waals surface area contributed by atoms with Gasteiger partial charge >= 0.3 is 0 Å². The summed E-state index contributed by atoms with van der Waals surface area (Å²) in [6, 6.07) is 3.46. The first-order valence-electron chi connectivity index (χ1n) is 5.20. The second-order valence-electron chi connectivity index (χ2n) is 3.88. The highest BCUT2D eigenvalue weighted by Gasteiger charge is 2.12. The Morgan fingerprint density at radius 2 is 2.00 bits per heavy atom. The van der Waals surface area contributed by atoms with E-state index < -0.39 is 0 Å². The highest BCUT2D eigenvalue weighted by molar-refractivity contribution is 6.04. The van der Waals surface area contributed by atoms with Crippen LogP contribution in [0.15, 0.2) is 12.1 Å². The third-order valence-electron chi connectivity index (χ3n) is 2.29. The van der Waals surface area contributed by atoms with Crippen molar-refractivity contribution in [3.63, 3.8) is 0 Å². The number of nitrogens with zero attached hydrogens (tertiary/aromatic N) is 3. The van der Waals surface area contributed by atoms with Gasteiger partial charge in [0.2, 0.25) is 0 Å². The van der Waals surface area contributed by atoms with Crippen LogP contribution in [0.5, 0.6) is 0 Å². The number of carbonyl (C=O) groups is 1. The molecule has 0 unspecified atom stereocenters. The Morgan fingerprint density at radius 3 is 2.65 bits per heavy atom. The van der Waals surface area contributed by atoms with Crippen molar-refractivity contribution in [2.75, 3.05) is 5.32 Å². The van der Waals surface area contributed by atoms with Crippen LogP contribution in [-0.4, -0.2) is 26.3 Å². The van der Waals surface area contributed by atoms with Gasteiger partial charge in [-0.15, -0.1) is 0 Å². The van der Waals surface area contributed by atoms with Crippen LogP contribution < -0.4 is 5.32 Å². The van der Waals surface area contributed by atoms with Crippen LogP contribution in [0.2, 0.25) is 0 Å². The minimum absolute atomic E-state index is 0.230. The van der Waals surface area contributed by atoms with E-state index in [1.165, 1.54) is 0 Å².